The smallest absolute Gasteiger partial charge is 0.416 e. The van der Waals surface area contributed by atoms with Crippen molar-refractivity contribution in [1.29, 1.82) is 21.2 Å². The summed E-state index contributed by atoms with van der Waals surface area (Å²) >= 11 is 0. The second-order valence-electron chi connectivity index (χ2n) is 8.26. The molecule has 0 radical (unpaired) electrons. The maximum Gasteiger partial charge on any atom is 0.416 e. The number of benzene rings is 2. The number of hydrogen-bond donors (Lipinski definition) is 1. The van der Waals surface area contributed by atoms with Crippen molar-refractivity contribution in [3.8, 4) is 18.2 Å². The van der Waals surface area contributed by atoms with Gasteiger partial charge in [0.15, 0.2) is 5.41 Å². The summed E-state index contributed by atoms with van der Waals surface area (Å²) < 4.78 is 51.8. The third-order valence-electron chi connectivity index (χ3n) is 6.51. The minimum Gasteiger partial charge on any atom is -0.448 e. The van der Waals surface area contributed by atoms with Gasteiger partial charge in [-0.15, -0.1) is 0 Å². The van der Waals surface area contributed by atoms with Crippen molar-refractivity contribution in [3.63, 3.8) is 0 Å². The average molecular weight is 450 g/mol. The van der Waals surface area contributed by atoms with Gasteiger partial charge in [-0.05, 0) is 29.7 Å². The van der Waals surface area contributed by atoms with E-state index in [-0.39, 0.29) is 12.0 Å². The van der Waals surface area contributed by atoms with Gasteiger partial charge in [0.2, 0.25) is 17.1 Å². The van der Waals surface area contributed by atoms with E-state index in [9.17, 15) is 29.0 Å². The van der Waals surface area contributed by atoms with E-state index >= 15 is 0 Å². The van der Waals surface area contributed by atoms with E-state index in [4.69, 9.17) is 14.9 Å². The molecule has 4 rings (SSSR count). The summed E-state index contributed by atoms with van der Waals surface area (Å²) in [4.78, 5) is 0. The highest BCUT2D eigenvalue weighted by atomic mass is 19.4. The van der Waals surface area contributed by atoms with Gasteiger partial charge in [0, 0.05) is 6.92 Å². The van der Waals surface area contributed by atoms with Crippen LogP contribution in [0.1, 0.15) is 29.7 Å². The van der Waals surface area contributed by atoms with E-state index in [1.807, 2.05) is 18.2 Å². The van der Waals surface area contributed by atoms with E-state index in [0.29, 0.717) is 0 Å². The summed E-state index contributed by atoms with van der Waals surface area (Å²) in [5.74, 6) is -3.17. The largest absolute Gasteiger partial charge is 0.448 e. The predicted octanol–water partition coefficient (Wildman–Crippen LogP) is 4.90. The Kier molecular flexibility index (Phi) is 4.96. The van der Waals surface area contributed by atoms with Crippen LogP contribution in [0.5, 0.6) is 0 Å². The van der Waals surface area contributed by atoms with Crippen molar-refractivity contribution >= 4 is 5.90 Å². The molecular formula is C24H17F3N4O2. The fourth-order valence-corrected chi connectivity index (χ4v) is 4.91. The average Bonchev–Trinajstić information content (AvgIpc) is 2.96. The Morgan fingerprint density at radius 3 is 2.24 bits per heavy atom. The van der Waals surface area contributed by atoms with Gasteiger partial charge in [-0.25, -0.2) is 0 Å². The Morgan fingerprint density at radius 1 is 1.00 bits per heavy atom. The normalized spacial score (nSPS) is 29.9. The first-order valence-corrected chi connectivity index (χ1v) is 9.98. The Morgan fingerprint density at radius 2 is 1.67 bits per heavy atom. The number of rotatable bonds is 3. The van der Waals surface area contributed by atoms with E-state index in [1.54, 1.807) is 30.3 Å². The highest BCUT2D eigenvalue weighted by Gasteiger charge is 2.79. The van der Waals surface area contributed by atoms with Gasteiger partial charge in [0.05, 0.1) is 29.7 Å². The molecule has 2 aromatic carbocycles. The van der Waals surface area contributed by atoms with Crippen molar-refractivity contribution in [2.75, 3.05) is 0 Å². The van der Waals surface area contributed by atoms with Gasteiger partial charge in [-0.3, -0.25) is 5.41 Å². The molecule has 2 aliphatic heterocycles. The zero-order valence-electron chi connectivity index (χ0n) is 17.3. The van der Waals surface area contributed by atoms with Gasteiger partial charge < -0.3 is 9.47 Å². The lowest BCUT2D eigenvalue weighted by Crippen LogP contribution is -2.59. The Balaban J connectivity index is 1.94. The molecule has 0 amide bonds. The van der Waals surface area contributed by atoms with Crippen molar-refractivity contribution in [3.05, 3.63) is 71.3 Å². The van der Waals surface area contributed by atoms with E-state index < -0.39 is 46.3 Å². The molecule has 4 atom stereocenters. The lowest BCUT2D eigenvalue weighted by Gasteiger charge is -2.48. The van der Waals surface area contributed by atoms with Crippen molar-refractivity contribution < 1.29 is 22.6 Å². The molecule has 2 fully saturated rings. The number of hydrogen-bond acceptors (Lipinski definition) is 6. The second-order valence-corrected chi connectivity index (χ2v) is 8.26. The topological polar surface area (TPSA) is 114 Å². The number of alkyl halides is 3. The number of nitrogens with one attached hydrogen (secondary N) is 1. The van der Waals surface area contributed by atoms with Crippen molar-refractivity contribution in [2.24, 2.45) is 16.7 Å². The van der Waals surface area contributed by atoms with E-state index in [0.717, 1.165) is 23.8 Å². The van der Waals surface area contributed by atoms with Crippen LogP contribution in [0, 0.1) is 56.2 Å². The highest BCUT2D eigenvalue weighted by Crippen LogP contribution is 2.67. The minimum absolute atomic E-state index is 0.102. The molecule has 2 bridgehead atoms. The maximum atomic E-state index is 13.4. The molecule has 33 heavy (non-hydrogen) atoms. The molecule has 2 heterocycles. The molecule has 0 aromatic heterocycles. The first kappa shape index (κ1) is 22.3. The molecule has 0 saturated carbocycles. The number of nitriles is 3. The summed E-state index contributed by atoms with van der Waals surface area (Å²) in [5, 5.41) is 39.3. The Labute approximate surface area is 187 Å². The predicted molar refractivity (Wildman–Crippen MR) is 108 cm³/mol. The van der Waals surface area contributed by atoms with Gasteiger partial charge in [0.1, 0.15) is 6.10 Å². The third-order valence-corrected chi connectivity index (χ3v) is 6.51. The molecule has 4 unspecified atom stereocenters. The molecule has 0 spiro atoms. The number of fused-ring (bicyclic) bond motifs is 2. The fraction of sp³-hybridized carbons (Fsp3) is 0.333. The summed E-state index contributed by atoms with van der Waals surface area (Å²) in [6.07, 6.45) is -6.08. The van der Waals surface area contributed by atoms with Gasteiger partial charge >= 0.3 is 6.18 Å². The van der Waals surface area contributed by atoms with Crippen molar-refractivity contribution in [2.45, 2.75) is 31.4 Å². The monoisotopic (exact) mass is 450 g/mol. The van der Waals surface area contributed by atoms with Crippen LogP contribution in [0.4, 0.5) is 13.2 Å². The second kappa shape index (κ2) is 7.33. The van der Waals surface area contributed by atoms with Crippen LogP contribution in [0.3, 0.4) is 0 Å². The quantitative estimate of drug-likeness (QED) is 0.714. The standard InChI is InChI=1S/C24H17F3N4O2/c1-21-18(10-15-6-3-2-4-7-15)23(14-30,20(31)33-21)22(12-28,13-29)19(32-21)16-8-5-9-17(11-16)24(25,26)27/h2-9,11,18-19,31H,10H2,1H3. The summed E-state index contributed by atoms with van der Waals surface area (Å²) in [7, 11) is 0. The van der Waals surface area contributed by atoms with Crippen LogP contribution < -0.4 is 0 Å². The molecule has 2 saturated heterocycles. The van der Waals surface area contributed by atoms with E-state index in [2.05, 4.69) is 0 Å². The van der Waals surface area contributed by atoms with Gasteiger partial charge in [-0.1, -0.05) is 42.5 Å². The van der Waals surface area contributed by atoms with Crippen LogP contribution in [0.15, 0.2) is 54.6 Å². The summed E-state index contributed by atoms with van der Waals surface area (Å²) in [6.45, 7) is 1.48. The molecule has 0 aliphatic carbocycles. The molecule has 2 aromatic rings. The maximum absolute atomic E-state index is 13.4. The molecule has 6 nitrogen and oxygen atoms in total. The lowest BCUT2D eigenvalue weighted by atomic mass is 9.52. The molecular weight excluding hydrogens is 433 g/mol. The minimum atomic E-state index is -4.67. The van der Waals surface area contributed by atoms with Crippen molar-refractivity contribution in [1.82, 2.24) is 0 Å². The van der Waals surface area contributed by atoms with Gasteiger partial charge in [-0.2, -0.15) is 29.0 Å². The van der Waals surface area contributed by atoms with Crippen LogP contribution in [0.25, 0.3) is 0 Å². The zero-order valence-corrected chi connectivity index (χ0v) is 17.3. The number of halogens is 3. The SMILES string of the molecule is CC12OC(=N)C(C#N)(C1Cc1ccccc1)C(C#N)(C#N)C(c1cccc(C(F)(F)F)c1)O2. The van der Waals surface area contributed by atoms with Crippen LogP contribution in [0.2, 0.25) is 0 Å². The van der Waals surface area contributed by atoms with E-state index in [1.165, 1.54) is 13.0 Å². The first-order valence-electron chi connectivity index (χ1n) is 9.98. The number of nitrogens with zero attached hydrogens (tertiary/aromatic N) is 3. The first-order chi connectivity index (χ1) is 15.6. The third kappa shape index (κ3) is 2.99. The van der Waals surface area contributed by atoms with Crippen LogP contribution in [-0.2, 0) is 22.1 Å². The molecule has 2 aliphatic rings. The number of ether oxygens (including phenoxy) is 2. The molecule has 166 valence electrons. The highest BCUT2D eigenvalue weighted by molar-refractivity contribution is 5.89. The fourth-order valence-electron chi connectivity index (χ4n) is 4.91. The van der Waals surface area contributed by atoms with Gasteiger partial charge in [0.25, 0.3) is 0 Å². The molecule has 1 N–H and O–H groups in total. The van der Waals surface area contributed by atoms with Crippen LogP contribution in [-0.4, -0.2) is 11.7 Å². The lowest BCUT2D eigenvalue weighted by molar-refractivity contribution is -0.272. The van der Waals surface area contributed by atoms with Crippen LogP contribution >= 0.6 is 0 Å². The molecule has 9 heteroatoms. The zero-order chi connectivity index (χ0) is 24.1. The Hall–Kier alpha value is -3.87. The summed E-state index contributed by atoms with van der Waals surface area (Å²) in [6, 6.07) is 18.7. The Bertz CT molecular complexity index is 1230. The summed E-state index contributed by atoms with van der Waals surface area (Å²) in [5.41, 5.74) is -4.73.